The van der Waals surface area contributed by atoms with Crippen molar-refractivity contribution in [1.82, 2.24) is 4.90 Å². The highest BCUT2D eigenvalue weighted by Crippen LogP contribution is 2.38. The molecule has 4 aliphatic rings. The summed E-state index contributed by atoms with van der Waals surface area (Å²) in [6.07, 6.45) is -8.05. The van der Waals surface area contributed by atoms with E-state index >= 15 is 0 Å². The molecule has 0 bridgehead atoms. The number of esters is 4. The van der Waals surface area contributed by atoms with E-state index in [1.54, 1.807) is 66.6 Å². The minimum atomic E-state index is -1.51. The van der Waals surface area contributed by atoms with E-state index in [9.17, 15) is 34.2 Å². The monoisotopic (exact) mass is 871 g/mol. The molecule has 18 atom stereocenters. The lowest BCUT2D eigenvalue weighted by atomic mass is 9.82. The lowest BCUT2D eigenvalue weighted by Gasteiger charge is -2.50. The van der Waals surface area contributed by atoms with Crippen LogP contribution in [0.5, 0.6) is 0 Å². The minimum absolute atomic E-state index is 0.0572. The Morgan fingerprint density at radius 2 is 1.59 bits per heavy atom. The fourth-order valence-electron chi connectivity index (χ4n) is 8.70. The Balaban J connectivity index is 1.70. The maximum atomic E-state index is 13.4. The van der Waals surface area contributed by atoms with Crippen LogP contribution in [0.3, 0.4) is 0 Å². The van der Waals surface area contributed by atoms with Crippen molar-refractivity contribution >= 4 is 30.2 Å². The predicted molar refractivity (Wildman–Crippen MR) is 214 cm³/mol. The number of likely N-dealkylation sites (N-methyl/N-ethyl adjacent to an activating group) is 1. The van der Waals surface area contributed by atoms with Gasteiger partial charge in [-0.2, -0.15) is 0 Å². The summed E-state index contributed by atoms with van der Waals surface area (Å²) in [7, 11) is 4.83. The van der Waals surface area contributed by atoms with Crippen molar-refractivity contribution in [3.63, 3.8) is 0 Å². The summed E-state index contributed by atoms with van der Waals surface area (Å²) in [5.74, 6) is -3.45. The van der Waals surface area contributed by atoms with Gasteiger partial charge in [-0.1, -0.05) is 26.8 Å². The van der Waals surface area contributed by atoms with Crippen molar-refractivity contribution in [3.05, 3.63) is 12.2 Å². The van der Waals surface area contributed by atoms with Gasteiger partial charge in [0.15, 0.2) is 18.7 Å². The number of fused-ring (bicyclic) bond motifs is 1. The van der Waals surface area contributed by atoms with Crippen molar-refractivity contribution in [2.24, 2.45) is 11.8 Å². The molecule has 348 valence electrons. The van der Waals surface area contributed by atoms with Crippen LogP contribution < -0.4 is 0 Å². The zero-order valence-corrected chi connectivity index (χ0v) is 37.5. The zero-order chi connectivity index (χ0) is 45.3. The average molecular weight is 872 g/mol. The Labute approximate surface area is 359 Å². The van der Waals surface area contributed by atoms with Gasteiger partial charge in [-0.15, -0.1) is 0 Å². The lowest BCUT2D eigenvalue weighted by Crippen LogP contribution is -2.66. The summed E-state index contributed by atoms with van der Waals surface area (Å²) in [5, 5.41) is 23.5. The van der Waals surface area contributed by atoms with E-state index in [0.717, 1.165) is 0 Å². The fraction of sp³-hybridized carbons (Fsp3) is 0.837. The number of carbonyl (C=O) groups is 5. The van der Waals surface area contributed by atoms with Gasteiger partial charge in [-0.05, 0) is 66.1 Å². The van der Waals surface area contributed by atoms with Crippen LogP contribution in [-0.2, 0) is 71.3 Å². The molecule has 0 aromatic rings. The lowest BCUT2D eigenvalue weighted by molar-refractivity contribution is -0.344. The molecule has 0 radical (unpaired) electrons. The van der Waals surface area contributed by atoms with Crippen LogP contribution in [-0.4, -0.2) is 164 Å². The molecule has 18 nitrogen and oxygen atoms in total. The van der Waals surface area contributed by atoms with Crippen LogP contribution >= 0.6 is 0 Å². The van der Waals surface area contributed by atoms with Gasteiger partial charge >= 0.3 is 23.9 Å². The average Bonchev–Trinajstić information content (AvgIpc) is 3.91. The van der Waals surface area contributed by atoms with Crippen molar-refractivity contribution in [2.45, 2.75) is 198 Å². The van der Waals surface area contributed by atoms with Gasteiger partial charge in [-0.25, -0.2) is 0 Å². The van der Waals surface area contributed by atoms with Crippen molar-refractivity contribution in [2.75, 3.05) is 21.2 Å². The molecule has 4 rings (SSSR count). The number of aliphatic hydroxyl groups excluding tert-OH is 1. The fourth-order valence-corrected chi connectivity index (χ4v) is 8.70. The Morgan fingerprint density at radius 1 is 0.918 bits per heavy atom. The molecule has 2 N–H and O–H groups in total. The maximum absolute atomic E-state index is 13.4. The topological polar surface area (TPSA) is 225 Å². The third-order valence-electron chi connectivity index (χ3n) is 11.8. The van der Waals surface area contributed by atoms with E-state index in [1.165, 1.54) is 14.0 Å². The summed E-state index contributed by atoms with van der Waals surface area (Å²) >= 11 is 0. The molecule has 0 aromatic carbocycles. The number of aliphatic hydroxyl groups is 2. The summed E-state index contributed by atoms with van der Waals surface area (Å²) in [6.45, 7) is 13.1. The highest BCUT2D eigenvalue weighted by Gasteiger charge is 2.53. The third-order valence-corrected chi connectivity index (χ3v) is 11.8. The summed E-state index contributed by atoms with van der Waals surface area (Å²) in [5.41, 5.74) is -1.51. The van der Waals surface area contributed by atoms with Gasteiger partial charge in [-0.3, -0.25) is 19.2 Å². The zero-order valence-electron chi connectivity index (χ0n) is 37.5. The number of ether oxygens (including phenoxy) is 10. The minimum Gasteiger partial charge on any atom is -0.462 e. The first-order valence-electron chi connectivity index (χ1n) is 21.5. The van der Waals surface area contributed by atoms with E-state index in [1.807, 2.05) is 13.0 Å². The molecule has 61 heavy (non-hydrogen) atoms. The molecule has 3 saturated heterocycles. The standard InChI is InChI=1S/C43H69NO17/c1-12-32(47)58-28-14-15-29-30(57-29)19-23(4)53-34(49)20-31(56-26(7)46)40(52-11)39(27(16-17-45)18-22(28)3)61-42-37(50)36(44(9)10)38(24(5)55-42)60-35-21-43(8,51)41(25(6)54-35)59-33(48)13-2/h14-15,17,22-25,27-31,35-42,50-51H,12-13,16,18-21H2,1-11H3. The molecule has 18 heteroatoms. The molecule has 0 aliphatic carbocycles. The van der Waals surface area contributed by atoms with Crippen LogP contribution in [0.25, 0.3) is 0 Å². The Hall–Kier alpha value is -3.07. The number of methoxy groups -OCH3 is 1. The molecular weight excluding hydrogens is 802 g/mol. The Bertz CT molecular complexity index is 1510. The van der Waals surface area contributed by atoms with Gasteiger partial charge in [0.2, 0.25) is 0 Å². The quantitative estimate of drug-likeness (QED) is 0.0892. The number of carbonyl (C=O) groups excluding carboxylic acids is 5. The summed E-state index contributed by atoms with van der Waals surface area (Å²) in [6, 6.07) is -0.805. The smallest absolute Gasteiger partial charge is 0.309 e. The van der Waals surface area contributed by atoms with E-state index in [2.05, 4.69) is 0 Å². The number of hydrogen-bond donors (Lipinski definition) is 2. The van der Waals surface area contributed by atoms with Crippen LogP contribution in [0.15, 0.2) is 12.2 Å². The predicted octanol–water partition coefficient (Wildman–Crippen LogP) is 2.55. The molecule has 3 fully saturated rings. The highest BCUT2D eigenvalue weighted by molar-refractivity contribution is 5.72. The molecule has 0 aromatic heterocycles. The second kappa shape index (κ2) is 22.5. The maximum Gasteiger partial charge on any atom is 0.309 e. The molecule has 4 aliphatic heterocycles. The van der Waals surface area contributed by atoms with Crippen LogP contribution in [0.2, 0.25) is 0 Å². The molecule has 0 spiro atoms. The molecular formula is C43H69NO17. The van der Waals surface area contributed by atoms with Crippen molar-refractivity contribution in [1.29, 1.82) is 0 Å². The van der Waals surface area contributed by atoms with Gasteiger partial charge in [0, 0.05) is 46.1 Å². The SMILES string of the molecule is CCC(=O)OC1C=CC2OC2CC(C)OC(=O)CC(OC(C)=O)C(OC)C(OC2OC(C)C(OC3CC(C)(O)C(OC(=O)CC)C(C)O3)C(N(C)C)C2O)C(CC=O)CC1C. The number of aldehydes is 1. The molecule has 0 amide bonds. The van der Waals surface area contributed by atoms with Gasteiger partial charge < -0.3 is 67.3 Å². The van der Waals surface area contributed by atoms with Crippen LogP contribution in [0.1, 0.15) is 100 Å². The largest absolute Gasteiger partial charge is 0.462 e. The molecule has 18 unspecified atom stereocenters. The number of cyclic esters (lactones) is 1. The van der Waals surface area contributed by atoms with E-state index in [0.29, 0.717) is 12.7 Å². The summed E-state index contributed by atoms with van der Waals surface area (Å²) < 4.78 is 60.4. The first kappa shape index (κ1) is 50.6. The normalized spacial score (nSPS) is 41.2. The third kappa shape index (κ3) is 13.7. The summed E-state index contributed by atoms with van der Waals surface area (Å²) in [4.78, 5) is 65.1. The van der Waals surface area contributed by atoms with Gasteiger partial charge in [0.05, 0.1) is 36.9 Å². The number of nitrogens with zero attached hydrogens (tertiary/aromatic N) is 1. The van der Waals surface area contributed by atoms with E-state index < -0.39 is 127 Å². The number of epoxide rings is 1. The second-order valence-electron chi connectivity index (χ2n) is 17.2. The van der Waals surface area contributed by atoms with Crippen molar-refractivity contribution in [3.8, 4) is 0 Å². The Morgan fingerprint density at radius 3 is 2.18 bits per heavy atom. The second-order valence-corrected chi connectivity index (χ2v) is 17.2. The van der Waals surface area contributed by atoms with Crippen molar-refractivity contribution < 1.29 is 81.6 Å². The number of hydrogen-bond acceptors (Lipinski definition) is 18. The van der Waals surface area contributed by atoms with E-state index in [4.69, 9.17) is 47.4 Å². The number of rotatable bonds is 13. The molecule has 0 saturated carbocycles. The van der Waals surface area contributed by atoms with Crippen LogP contribution in [0.4, 0.5) is 0 Å². The Kier molecular flexibility index (Phi) is 18.7. The van der Waals surface area contributed by atoms with Gasteiger partial charge in [0.25, 0.3) is 0 Å². The first-order chi connectivity index (χ1) is 28.7. The van der Waals surface area contributed by atoms with Gasteiger partial charge in [0.1, 0.15) is 54.6 Å². The molecule has 4 heterocycles. The van der Waals surface area contributed by atoms with Crippen LogP contribution in [0, 0.1) is 11.8 Å². The van der Waals surface area contributed by atoms with E-state index in [-0.39, 0.29) is 44.3 Å². The highest BCUT2D eigenvalue weighted by atomic mass is 16.7. The first-order valence-corrected chi connectivity index (χ1v) is 21.5.